The van der Waals surface area contributed by atoms with Gasteiger partial charge in [0, 0.05) is 18.0 Å². The van der Waals surface area contributed by atoms with Gasteiger partial charge in [0.05, 0.1) is 16.9 Å². The van der Waals surface area contributed by atoms with Gasteiger partial charge in [-0.15, -0.1) is 0 Å². The second-order valence-corrected chi connectivity index (χ2v) is 8.09. The monoisotopic (exact) mass is 345 g/mol. The number of ether oxygens (including phenoxy) is 2. The first kappa shape index (κ1) is 15.5. The molecule has 4 rings (SSSR count). The standard InChI is InChI=1S/C18H19NO4S/c1-22-12-3-2-4-13(9-12)24(20,21)14-5-6-17-16(10-14)15-7-8-19-11-18(15)23-17/h2-6,9-10,15,18-19H,7-8,11H2,1H3. The summed E-state index contributed by atoms with van der Waals surface area (Å²) in [6.45, 7) is 1.73. The number of methoxy groups -OCH3 is 1. The van der Waals surface area contributed by atoms with Gasteiger partial charge in [-0.1, -0.05) is 6.07 Å². The molecule has 6 heteroatoms. The molecule has 2 aromatic rings. The summed E-state index contributed by atoms with van der Waals surface area (Å²) in [7, 11) is -2.06. The molecule has 1 N–H and O–H groups in total. The van der Waals surface area contributed by atoms with E-state index in [-0.39, 0.29) is 16.9 Å². The highest BCUT2D eigenvalue weighted by atomic mass is 32.2. The van der Waals surface area contributed by atoms with Crippen molar-refractivity contribution >= 4 is 9.84 Å². The van der Waals surface area contributed by atoms with E-state index in [0.29, 0.717) is 10.6 Å². The van der Waals surface area contributed by atoms with Crippen LogP contribution in [0.3, 0.4) is 0 Å². The van der Waals surface area contributed by atoms with Crippen molar-refractivity contribution in [3.63, 3.8) is 0 Å². The summed E-state index contributed by atoms with van der Waals surface area (Å²) in [5, 5.41) is 3.32. The van der Waals surface area contributed by atoms with Crippen LogP contribution < -0.4 is 14.8 Å². The molecule has 2 aliphatic rings. The van der Waals surface area contributed by atoms with Crippen molar-refractivity contribution in [1.29, 1.82) is 0 Å². The van der Waals surface area contributed by atoms with Crippen LogP contribution in [0.5, 0.6) is 11.5 Å². The summed E-state index contributed by atoms with van der Waals surface area (Å²) in [5.74, 6) is 1.60. The zero-order valence-electron chi connectivity index (χ0n) is 13.4. The average molecular weight is 345 g/mol. The molecule has 0 spiro atoms. The third kappa shape index (κ3) is 2.46. The Morgan fingerprint density at radius 1 is 1.17 bits per heavy atom. The number of hydrogen-bond donors (Lipinski definition) is 1. The maximum absolute atomic E-state index is 13.0. The van der Waals surface area contributed by atoms with Gasteiger partial charge in [0.15, 0.2) is 0 Å². The number of rotatable bonds is 3. The van der Waals surface area contributed by atoms with Crippen LogP contribution in [0, 0.1) is 0 Å². The highest BCUT2D eigenvalue weighted by Crippen LogP contribution is 2.42. The number of sulfone groups is 1. The predicted octanol–water partition coefficient (Wildman–Crippen LogP) is 2.37. The molecule has 2 heterocycles. The van der Waals surface area contributed by atoms with Gasteiger partial charge in [0.2, 0.25) is 9.84 Å². The second kappa shape index (κ2) is 5.79. The van der Waals surface area contributed by atoms with E-state index in [1.807, 2.05) is 0 Å². The van der Waals surface area contributed by atoms with E-state index in [0.717, 1.165) is 30.8 Å². The van der Waals surface area contributed by atoms with Crippen molar-refractivity contribution in [2.45, 2.75) is 28.2 Å². The molecule has 0 saturated carbocycles. The van der Waals surface area contributed by atoms with Crippen molar-refractivity contribution in [1.82, 2.24) is 5.32 Å². The molecule has 2 unspecified atom stereocenters. The van der Waals surface area contributed by atoms with Gasteiger partial charge in [-0.05, 0) is 49.4 Å². The Balaban J connectivity index is 1.75. The minimum Gasteiger partial charge on any atom is -0.497 e. The van der Waals surface area contributed by atoms with Gasteiger partial charge in [-0.3, -0.25) is 0 Å². The first-order chi connectivity index (χ1) is 11.6. The predicted molar refractivity (Wildman–Crippen MR) is 89.5 cm³/mol. The molecular weight excluding hydrogens is 326 g/mol. The first-order valence-corrected chi connectivity index (χ1v) is 9.48. The van der Waals surface area contributed by atoms with Crippen molar-refractivity contribution < 1.29 is 17.9 Å². The molecule has 2 aromatic carbocycles. The van der Waals surface area contributed by atoms with E-state index in [2.05, 4.69) is 5.32 Å². The van der Waals surface area contributed by atoms with Crippen LogP contribution in [0.25, 0.3) is 0 Å². The van der Waals surface area contributed by atoms with Crippen LogP contribution >= 0.6 is 0 Å². The van der Waals surface area contributed by atoms with Crippen LogP contribution in [0.1, 0.15) is 17.9 Å². The lowest BCUT2D eigenvalue weighted by molar-refractivity contribution is 0.177. The van der Waals surface area contributed by atoms with Crippen LogP contribution in [-0.4, -0.2) is 34.7 Å². The Morgan fingerprint density at radius 3 is 2.83 bits per heavy atom. The van der Waals surface area contributed by atoms with E-state index in [9.17, 15) is 8.42 Å². The molecule has 2 aliphatic heterocycles. The highest BCUT2D eigenvalue weighted by molar-refractivity contribution is 7.91. The maximum atomic E-state index is 13.0. The molecule has 2 atom stereocenters. The first-order valence-electron chi connectivity index (χ1n) is 8.00. The summed E-state index contributed by atoms with van der Waals surface area (Å²) in [6, 6.07) is 11.7. The summed E-state index contributed by atoms with van der Waals surface area (Å²) in [4.78, 5) is 0.542. The quantitative estimate of drug-likeness (QED) is 0.925. The molecule has 126 valence electrons. The summed E-state index contributed by atoms with van der Waals surface area (Å²) < 4.78 is 37.0. The van der Waals surface area contributed by atoms with Crippen molar-refractivity contribution in [2.24, 2.45) is 0 Å². The number of nitrogens with one attached hydrogen (secondary N) is 1. The van der Waals surface area contributed by atoms with Gasteiger partial charge in [0.1, 0.15) is 17.6 Å². The Bertz CT molecular complexity index is 878. The maximum Gasteiger partial charge on any atom is 0.206 e. The molecular formula is C18H19NO4S. The van der Waals surface area contributed by atoms with Crippen LogP contribution in [-0.2, 0) is 9.84 Å². The van der Waals surface area contributed by atoms with E-state index < -0.39 is 9.84 Å². The lowest BCUT2D eigenvalue weighted by Gasteiger charge is -2.24. The molecule has 0 aromatic heterocycles. The summed E-state index contributed by atoms with van der Waals surface area (Å²) >= 11 is 0. The van der Waals surface area contributed by atoms with Crippen LogP contribution in [0.15, 0.2) is 52.3 Å². The van der Waals surface area contributed by atoms with E-state index in [1.54, 1.807) is 42.5 Å². The number of piperidine rings is 1. The topological polar surface area (TPSA) is 64.6 Å². The Labute approximate surface area is 141 Å². The third-order valence-electron chi connectivity index (χ3n) is 4.75. The number of benzene rings is 2. The molecule has 0 aliphatic carbocycles. The molecule has 0 amide bonds. The van der Waals surface area contributed by atoms with Crippen molar-refractivity contribution in [3.8, 4) is 11.5 Å². The van der Waals surface area contributed by atoms with Gasteiger partial charge in [-0.2, -0.15) is 0 Å². The molecule has 5 nitrogen and oxygen atoms in total. The molecule has 1 saturated heterocycles. The fourth-order valence-electron chi connectivity index (χ4n) is 3.47. The zero-order valence-corrected chi connectivity index (χ0v) is 14.2. The molecule has 0 bridgehead atoms. The largest absolute Gasteiger partial charge is 0.497 e. The van der Waals surface area contributed by atoms with E-state index in [4.69, 9.17) is 9.47 Å². The number of hydrogen-bond acceptors (Lipinski definition) is 5. The fraction of sp³-hybridized carbons (Fsp3) is 0.333. The lowest BCUT2D eigenvalue weighted by Crippen LogP contribution is -2.39. The second-order valence-electron chi connectivity index (χ2n) is 6.14. The Morgan fingerprint density at radius 2 is 2.00 bits per heavy atom. The molecule has 24 heavy (non-hydrogen) atoms. The third-order valence-corrected chi connectivity index (χ3v) is 6.50. The van der Waals surface area contributed by atoms with E-state index in [1.165, 1.54) is 7.11 Å². The smallest absolute Gasteiger partial charge is 0.206 e. The highest BCUT2D eigenvalue weighted by Gasteiger charge is 2.37. The zero-order chi connectivity index (χ0) is 16.7. The normalized spacial score (nSPS) is 22.4. The summed E-state index contributed by atoms with van der Waals surface area (Å²) in [5.41, 5.74) is 1.01. The SMILES string of the molecule is COc1cccc(S(=O)(=O)c2ccc3c(c2)C2CCNCC2O3)c1. The summed E-state index contributed by atoms with van der Waals surface area (Å²) in [6.07, 6.45) is 1.06. The number of fused-ring (bicyclic) bond motifs is 3. The van der Waals surface area contributed by atoms with E-state index >= 15 is 0 Å². The van der Waals surface area contributed by atoms with Gasteiger partial charge < -0.3 is 14.8 Å². The van der Waals surface area contributed by atoms with Gasteiger partial charge in [0.25, 0.3) is 0 Å². The molecule has 1 fully saturated rings. The van der Waals surface area contributed by atoms with Crippen LogP contribution in [0.2, 0.25) is 0 Å². The van der Waals surface area contributed by atoms with Crippen molar-refractivity contribution in [3.05, 3.63) is 48.0 Å². The minimum absolute atomic E-state index is 0.100. The fourth-order valence-corrected chi connectivity index (χ4v) is 4.80. The minimum atomic E-state index is -3.58. The lowest BCUT2D eigenvalue weighted by atomic mass is 9.90. The van der Waals surface area contributed by atoms with Crippen LogP contribution in [0.4, 0.5) is 0 Å². The average Bonchev–Trinajstić information content (AvgIpc) is 2.99. The Hall–Kier alpha value is -2.05. The van der Waals surface area contributed by atoms with Crippen molar-refractivity contribution in [2.75, 3.05) is 20.2 Å². The Kier molecular flexibility index (Phi) is 3.73. The van der Waals surface area contributed by atoms with Gasteiger partial charge in [-0.25, -0.2) is 8.42 Å². The molecule has 0 radical (unpaired) electrons. The van der Waals surface area contributed by atoms with Gasteiger partial charge >= 0.3 is 0 Å².